The van der Waals surface area contributed by atoms with Crippen LogP contribution in [0.3, 0.4) is 0 Å². The van der Waals surface area contributed by atoms with Crippen LogP contribution in [0.4, 0.5) is 5.13 Å². The number of carboxylic acids is 1. The first-order valence-corrected chi connectivity index (χ1v) is 11.0. The molecule has 2 aromatic rings. The van der Waals surface area contributed by atoms with E-state index in [0.29, 0.717) is 22.6 Å². The minimum atomic E-state index is -0.902. The van der Waals surface area contributed by atoms with Crippen molar-refractivity contribution in [2.45, 2.75) is 38.5 Å². The third-order valence-corrected chi connectivity index (χ3v) is 6.96. The van der Waals surface area contributed by atoms with Gasteiger partial charge in [0.25, 0.3) is 0 Å². The minimum absolute atomic E-state index is 0.0842. The highest BCUT2D eigenvalue weighted by Crippen LogP contribution is 2.46. The maximum Gasteiger partial charge on any atom is 0.304 e. The number of amides is 1. The Kier molecular flexibility index (Phi) is 5.69. The Morgan fingerprint density at radius 1 is 1.25 bits per heavy atom. The SMILES string of the molecule is O=C(O)C[C@@H]1C(=O)N(c2nc(-c3ccccc3Cl)cs2)CCCC[C@@H]1C1CC1. The van der Waals surface area contributed by atoms with E-state index in [1.165, 1.54) is 11.3 Å². The number of rotatable bonds is 5. The van der Waals surface area contributed by atoms with Crippen LogP contribution in [0.5, 0.6) is 0 Å². The van der Waals surface area contributed by atoms with Gasteiger partial charge in [-0.1, -0.05) is 36.2 Å². The number of nitrogens with zero attached hydrogens (tertiary/aromatic N) is 2. The van der Waals surface area contributed by atoms with E-state index in [4.69, 9.17) is 11.6 Å². The standard InChI is InChI=1S/C21H23ClN2O3S/c22-17-7-2-1-6-15(17)18-12-28-21(23-18)24-10-4-3-5-14(13-8-9-13)16(20(24)27)11-19(25)26/h1-2,6-7,12-14,16H,3-5,8-11H2,(H,25,26)/t14-,16+/m1/s1. The topological polar surface area (TPSA) is 70.5 Å². The number of aromatic nitrogens is 1. The van der Waals surface area contributed by atoms with Gasteiger partial charge in [0.05, 0.1) is 18.0 Å². The molecule has 1 aliphatic carbocycles. The van der Waals surface area contributed by atoms with Gasteiger partial charge >= 0.3 is 5.97 Å². The molecule has 28 heavy (non-hydrogen) atoms. The quantitative estimate of drug-likeness (QED) is 0.733. The van der Waals surface area contributed by atoms with Crippen LogP contribution in [-0.4, -0.2) is 28.5 Å². The highest BCUT2D eigenvalue weighted by molar-refractivity contribution is 7.14. The van der Waals surface area contributed by atoms with Crippen molar-refractivity contribution >= 4 is 39.9 Å². The van der Waals surface area contributed by atoms with E-state index in [-0.39, 0.29) is 18.2 Å². The Bertz CT molecular complexity index is 880. The summed E-state index contributed by atoms with van der Waals surface area (Å²) in [6, 6.07) is 7.51. The van der Waals surface area contributed by atoms with E-state index in [0.717, 1.165) is 43.4 Å². The molecule has 1 aliphatic heterocycles. The van der Waals surface area contributed by atoms with Gasteiger partial charge < -0.3 is 5.11 Å². The third-order valence-electron chi connectivity index (χ3n) is 5.76. The lowest BCUT2D eigenvalue weighted by molar-refractivity contribution is -0.142. The summed E-state index contributed by atoms with van der Waals surface area (Å²) >= 11 is 7.70. The number of hydrogen-bond acceptors (Lipinski definition) is 4. The molecule has 0 unspecified atom stereocenters. The van der Waals surface area contributed by atoms with Gasteiger partial charge in [-0.05, 0) is 43.6 Å². The van der Waals surface area contributed by atoms with Gasteiger partial charge in [0.15, 0.2) is 5.13 Å². The molecule has 1 aromatic heterocycles. The molecule has 2 atom stereocenters. The first-order chi connectivity index (χ1) is 13.5. The van der Waals surface area contributed by atoms with Crippen molar-refractivity contribution in [3.8, 4) is 11.3 Å². The largest absolute Gasteiger partial charge is 0.481 e. The predicted molar refractivity (Wildman–Crippen MR) is 111 cm³/mol. The van der Waals surface area contributed by atoms with Crippen molar-refractivity contribution in [2.75, 3.05) is 11.4 Å². The lowest BCUT2D eigenvalue weighted by Crippen LogP contribution is -2.43. The van der Waals surface area contributed by atoms with Crippen molar-refractivity contribution in [2.24, 2.45) is 17.8 Å². The monoisotopic (exact) mass is 418 g/mol. The summed E-state index contributed by atoms with van der Waals surface area (Å²) in [7, 11) is 0. The Hall–Kier alpha value is -1.92. The zero-order valence-electron chi connectivity index (χ0n) is 15.5. The normalized spacial score (nSPS) is 23.3. The predicted octanol–water partition coefficient (Wildman–Crippen LogP) is 5.10. The van der Waals surface area contributed by atoms with Crippen LogP contribution in [0.1, 0.15) is 38.5 Å². The third kappa shape index (κ3) is 4.08. The molecule has 0 bridgehead atoms. The van der Waals surface area contributed by atoms with Crippen LogP contribution >= 0.6 is 22.9 Å². The number of hydrogen-bond donors (Lipinski definition) is 1. The van der Waals surface area contributed by atoms with Crippen LogP contribution in [-0.2, 0) is 9.59 Å². The maximum absolute atomic E-state index is 13.4. The average molecular weight is 419 g/mol. The first kappa shape index (κ1) is 19.4. The number of aliphatic carboxylic acids is 1. The second kappa shape index (κ2) is 8.21. The molecular formula is C21H23ClN2O3S. The Balaban J connectivity index is 1.63. The summed E-state index contributed by atoms with van der Waals surface area (Å²) in [5.74, 6) is -0.768. The summed E-state index contributed by atoms with van der Waals surface area (Å²) in [5.41, 5.74) is 1.58. The molecule has 1 saturated heterocycles. The number of benzene rings is 1. The summed E-state index contributed by atoms with van der Waals surface area (Å²) < 4.78 is 0. The fourth-order valence-corrected chi connectivity index (χ4v) is 5.32. The second-order valence-electron chi connectivity index (χ2n) is 7.69. The fraction of sp³-hybridized carbons (Fsp3) is 0.476. The summed E-state index contributed by atoms with van der Waals surface area (Å²) in [6.07, 6.45) is 5.01. The van der Waals surface area contributed by atoms with Gasteiger partial charge in [-0.3, -0.25) is 14.5 Å². The van der Waals surface area contributed by atoms with E-state index in [1.54, 1.807) is 4.90 Å². The molecule has 2 fully saturated rings. The molecular weight excluding hydrogens is 396 g/mol. The van der Waals surface area contributed by atoms with Crippen molar-refractivity contribution in [3.63, 3.8) is 0 Å². The summed E-state index contributed by atoms with van der Waals surface area (Å²) in [5, 5.41) is 12.6. The Labute approximate surface area is 173 Å². The molecule has 0 radical (unpaired) electrons. The molecule has 5 nitrogen and oxygen atoms in total. The molecule has 0 spiro atoms. The molecule has 4 rings (SSSR count). The first-order valence-electron chi connectivity index (χ1n) is 9.78. The Morgan fingerprint density at radius 3 is 2.75 bits per heavy atom. The summed E-state index contributed by atoms with van der Waals surface area (Å²) in [4.78, 5) is 31.3. The zero-order chi connectivity index (χ0) is 19.7. The maximum atomic E-state index is 13.4. The van der Waals surface area contributed by atoms with Crippen LogP contribution in [0.15, 0.2) is 29.6 Å². The Morgan fingerprint density at radius 2 is 2.04 bits per heavy atom. The number of halogens is 1. The molecule has 1 saturated carbocycles. The molecule has 1 aromatic carbocycles. The number of thiazole rings is 1. The lowest BCUT2D eigenvalue weighted by atomic mass is 9.80. The van der Waals surface area contributed by atoms with Crippen molar-refractivity contribution in [1.82, 2.24) is 4.98 Å². The number of anilines is 1. The van der Waals surface area contributed by atoms with Gasteiger partial charge in [0.2, 0.25) is 5.91 Å². The summed E-state index contributed by atoms with van der Waals surface area (Å²) in [6.45, 7) is 0.585. The van der Waals surface area contributed by atoms with Crippen LogP contribution in [0.25, 0.3) is 11.3 Å². The molecule has 1 amide bonds. The van der Waals surface area contributed by atoms with E-state index in [1.807, 2.05) is 29.6 Å². The second-order valence-corrected chi connectivity index (χ2v) is 8.93. The van der Waals surface area contributed by atoms with Crippen LogP contribution < -0.4 is 4.90 Å². The van der Waals surface area contributed by atoms with E-state index in [9.17, 15) is 14.7 Å². The highest BCUT2D eigenvalue weighted by atomic mass is 35.5. The number of carbonyl (C=O) groups excluding carboxylic acids is 1. The molecule has 148 valence electrons. The average Bonchev–Trinajstić information content (AvgIpc) is 3.39. The van der Waals surface area contributed by atoms with Gasteiger partial charge in [-0.2, -0.15) is 0 Å². The van der Waals surface area contributed by atoms with Gasteiger partial charge in [0, 0.05) is 22.5 Å². The van der Waals surface area contributed by atoms with Gasteiger partial charge in [-0.25, -0.2) is 4.98 Å². The number of carbonyl (C=O) groups is 2. The van der Waals surface area contributed by atoms with Gasteiger partial charge in [0.1, 0.15) is 0 Å². The van der Waals surface area contributed by atoms with Crippen molar-refractivity contribution in [3.05, 3.63) is 34.7 Å². The smallest absolute Gasteiger partial charge is 0.304 e. The zero-order valence-corrected chi connectivity index (χ0v) is 17.1. The highest BCUT2D eigenvalue weighted by Gasteiger charge is 2.43. The molecule has 7 heteroatoms. The minimum Gasteiger partial charge on any atom is -0.481 e. The van der Waals surface area contributed by atoms with Crippen molar-refractivity contribution < 1.29 is 14.7 Å². The molecule has 2 heterocycles. The van der Waals surface area contributed by atoms with Crippen molar-refractivity contribution in [1.29, 1.82) is 0 Å². The molecule has 2 aliphatic rings. The van der Waals surface area contributed by atoms with Crippen LogP contribution in [0.2, 0.25) is 5.02 Å². The van der Waals surface area contributed by atoms with E-state index >= 15 is 0 Å². The number of carboxylic acid groups (broad SMARTS) is 1. The fourth-order valence-electron chi connectivity index (χ4n) is 4.23. The van der Waals surface area contributed by atoms with E-state index < -0.39 is 11.9 Å². The van der Waals surface area contributed by atoms with E-state index in [2.05, 4.69) is 4.98 Å². The van der Waals surface area contributed by atoms with Crippen LogP contribution in [0, 0.1) is 17.8 Å². The van der Waals surface area contributed by atoms with Gasteiger partial charge in [-0.15, -0.1) is 11.3 Å². The molecule has 1 N–H and O–H groups in total. The lowest BCUT2D eigenvalue weighted by Gasteiger charge is -2.33.